The average Bonchev–Trinajstić information content (AvgIpc) is 2.64. The van der Waals surface area contributed by atoms with Crippen molar-refractivity contribution < 1.29 is 22.8 Å². The Bertz CT molecular complexity index is 527. The fraction of sp³-hybridized carbons (Fsp3) is 0.688. The summed E-state index contributed by atoms with van der Waals surface area (Å²) >= 11 is 0. The molecule has 2 heterocycles. The summed E-state index contributed by atoms with van der Waals surface area (Å²) in [5.41, 5.74) is -0.151. The van der Waals surface area contributed by atoms with Gasteiger partial charge < -0.3 is 14.0 Å². The molecule has 0 N–H and O–H groups in total. The summed E-state index contributed by atoms with van der Waals surface area (Å²) in [4.78, 5) is 4.10. The summed E-state index contributed by atoms with van der Waals surface area (Å²) < 4.78 is 43.9. The van der Waals surface area contributed by atoms with E-state index in [0.29, 0.717) is 0 Å². The molecule has 0 bridgehead atoms. The Morgan fingerprint density at radius 1 is 1.22 bits per heavy atom. The highest BCUT2D eigenvalue weighted by Crippen LogP contribution is 2.36. The van der Waals surface area contributed by atoms with Gasteiger partial charge in [0.15, 0.2) is 6.10 Å². The van der Waals surface area contributed by atoms with Crippen LogP contribution in [0.3, 0.4) is 0 Å². The smallest absolute Gasteiger partial charge is 0.468 e. The quantitative estimate of drug-likeness (QED) is 0.779. The van der Waals surface area contributed by atoms with Gasteiger partial charge in [-0.2, -0.15) is 0 Å². The predicted octanol–water partition coefficient (Wildman–Crippen LogP) is 3.19. The van der Waals surface area contributed by atoms with Gasteiger partial charge in [-0.1, -0.05) is 13.0 Å². The van der Waals surface area contributed by atoms with Crippen molar-refractivity contribution in [3.8, 4) is 5.88 Å². The number of rotatable bonds is 5. The lowest BCUT2D eigenvalue weighted by molar-refractivity contribution is -0.0828. The van der Waals surface area contributed by atoms with Gasteiger partial charge in [-0.05, 0) is 40.2 Å². The summed E-state index contributed by atoms with van der Waals surface area (Å²) in [7, 11) is -0.531. The molecule has 7 heteroatoms. The fourth-order valence-electron chi connectivity index (χ4n) is 2.27. The van der Waals surface area contributed by atoms with Crippen molar-refractivity contribution in [3.63, 3.8) is 0 Å². The first-order chi connectivity index (χ1) is 10.5. The van der Waals surface area contributed by atoms with E-state index in [9.17, 15) is 8.78 Å². The minimum atomic E-state index is -2.92. The summed E-state index contributed by atoms with van der Waals surface area (Å²) in [6.45, 7) is 10.4. The lowest BCUT2D eigenvalue weighted by Gasteiger charge is -2.32. The Balaban J connectivity index is 2.09. The Labute approximate surface area is 136 Å². The van der Waals surface area contributed by atoms with Crippen molar-refractivity contribution in [2.45, 2.75) is 71.2 Å². The summed E-state index contributed by atoms with van der Waals surface area (Å²) in [6.07, 6.45) is 0.542. The van der Waals surface area contributed by atoms with E-state index >= 15 is 0 Å². The number of nitrogens with zero attached hydrogens (tertiary/aromatic N) is 1. The molecule has 0 spiro atoms. The maximum Gasteiger partial charge on any atom is 0.496 e. The molecule has 128 valence electrons. The van der Waals surface area contributed by atoms with E-state index in [1.807, 2.05) is 27.7 Å². The van der Waals surface area contributed by atoms with Crippen LogP contribution in [0, 0.1) is 0 Å². The second kappa shape index (κ2) is 6.02. The minimum Gasteiger partial charge on any atom is -0.468 e. The lowest BCUT2D eigenvalue weighted by Crippen LogP contribution is -2.41. The maximum atomic E-state index is 13.4. The van der Waals surface area contributed by atoms with E-state index in [1.165, 1.54) is 6.20 Å². The summed E-state index contributed by atoms with van der Waals surface area (Å²) in [5.74, 6) is -2.75. The molecule has 1 aromatic heterocycles. The third-order valence-corrected chi connectivity index (χ3v) is 4.48. The topological polar surface area (TPSA) is 40.6 Å². The van der Waals surface area contributed by atoms with Gasteiger partial charge in [0.2, 0.25) is 5.88 Å². The van der Waals surface area contributed by atoms with Gasteiger partial charge in [-0.3, -0.25) is 0 Å². The van der Waals surface area contributed by atoms with E-state index in [-0.39, 0.29) is 12.3 Å². The zero-order chi connectivity index (χ0) is 17.5. The molecule has 1 atom stereocenters. The number of pyridine rings is 1. The molecule has 1 aromatic rings. The van der Waals surface area contributed by atoms with Gasteiger partial charge >= 0.3 is 7.12 Å². The van der Waals surface area contributed by atoms with Crippen LogP contribution in [0.4, 0.5) is 8.78 Å². The van der Waals surface area contributed by atoms with Crippen LogP contribution in [0.1, 0.15) is 48.0 Å². The second-order valence-corrected chi connectivity index (χ2v) is 6.99. The first-order valence-electron chi connectivity index (χ1n) is 7.82. The van der Waals surface area contributed by atoms with E-state index in [4.69, 9.17) is 14.0 Å². The Morgan fingerprint density at radius 3 is 2.17 bits per heavy atom. The molecule has 1 fully saturated rings. The molecular weight excluding hydrogens is 303 g/mol. The first kappa shape index (κ1) is 18.1. The highest BCUT2D eigenvalue weighted by molar-refractivity contribution is 6.62. The van der Waals surface area contributed by atoms with Crippen molar-refractivity contribution in [2.75, 3.05) is 0 Å². The highest BCUT2D eigenvalue weighted by Gasteiger charge is 2.51. The molecule has 2 rings (SSSR count). The third-order valence-electron chi connectivity index (χ3n) is 4.48. The largest absolute Gasteiger partial charge is 0.496 e. The molecule has 0 amide bonds. The van der Waals surface area contributed by atoms with Crippen LogP contribution < -0.4 is 10.2 Å². The summed E-state index contributed by atoms with van der Waals surface area (Å²) in [5, 5.41) is 0. The standard InChI is InChI=1S/C16H24BF2NO3/c1-7-12(16(6,18)19)21-13-9-8-11(10-20-13)17-22-14(2,3)15(4,5)23-17/h8-10,12H,7H2,1-6H3. The monoisotopic (exact) mass is 327 g/mol. The molecule has 0 saturated carbocycles. The van der Waals surface area contributed by atoms with E-state index < -0.39 is 30.3 Å². The lowest BCUT2D eigenvalue weighted by atomic mass is 9.80. The van der Waals surface area contributed by atoms with E-state index in [2.05, 4.69) is 4.98 Å². The summed E-state index contributed by atoms with van der Waals surface area (Å²) in [6, 6.07) is 3.29. The van der Waals surface area contributed by atoms with E-state index in [1.54, 1.807) is 19.1 Å². The van der Waals surface area contributed by atoms with Crippen molar-refractivity contribution in [3.05, 3.63) is 18.3 Å². The normalized spacial score (nSPS) is 21.3. The number of ether oxygens (including phenoxy) is 1. The third kappa shape index (κ3) is 3.83. The highest BCUT2D eigenvalue weighted by atomic mass is 19.3. The molecule has 0 aromatic carbocycles. The molecule has 1 aliphatic rings. The first-order valence-corrected chi connectivity index (χ1v) is 7.82. The Hall–Kier alpha value is -1.21. The van der Waals surface area contributed by atoms with Crippen molar-refractivity contribution in [1.29, 1.82) is 0 Å². The Morgan fingerprint density at radius 2 is 1.78 bits per heavy atom. The number of hydrogen-bond donors (Lipinski definition) is 0. The van der Waals surface area contributed by atoms with Crippen LogP contribution in [-0.4, -0.2) is 35.3 Å². The molecule has 1 aliphatic heterocycles. The number of halogens is 2. The van der Waals surface area contributed by atoms with Gasteiger partial charge in [0.1, 0.15) is 0 Å². The second-order valence-electron chi connectivity index (χ2n) is 6.99. The van der Waals surface area contributed by atoms with Crippen molar-refractivity contribution in [1.82, 2.24) is 4.98 Å². The van der Waals surface area contributed by atoms with Crippen LogP contribution in [0.2, 0.25) is 0 Å². The van der Waals surface area contributed by atoms with Gasteiger partial charge in [-0.15, -0.1) is 0 Å². The molecular formula is C16H24BF2NO3. The molecule has 4 nitrogen and oxygen atoms in total. The van der Waals surface area contributed by atoms with Crippen LogP contribution in [-0.2, 0) is 9.31 Å². The number of aromatic nitrogens is 1. The molecule has 1 unspecified atom stereocenters. The van der Waals surface area contributed by atoms with Crippen LogP contribution in [0.15, 0.2) is 18.3 Å². The fourth-order valence-corrected chi connectivity index (χ4v) is 2.27. The zero-order valence-electron chi connectivity index (χ0n) is 14.5. The van der Waals surface area contributed by atoms with Crippen molar-refractivity contribution in [2.24, 2.45) is 0 Å². The molecule has 23 heavy (non-hydrogen) atoms. The van der Waals surface area contributed by atoms with Crippen LogP contribution in [0.25, 0.3) is 0 Å². The molecule has 1 saturated heterocycles. The zero-order valence-corrected chi connectivity index (χ0v) is 14.5. The van der Waals surface area contributed by atoms with Crippen molar-refractivity contribution >= 4 is 12.6 Å². The molecule has 0 radical (unpaired) electrons. The molecule has 0 aliphatic carbocycles. The Kier molecular flexibility index (Phi) is 4.75. The number of alkyl halides is 2. The van der Waals surface area contributed by atoms with Gasteiger partial charge in [0, 0.05) is 18.6 Å². The average molecular weight is 327 g/mol. The minimum absolute atomic E-state index is 0.165. The van der Waals surface area contributed by atoms with Crippen LogP contribution >= 0.6 is 0 Å². The van der Waals surface area contributed by atoms with Gasteiger partial charge in [-0.25, -0.2) is 13.8 Å². The number of hydrogen-bond acceptors (Lipinski definition) is 4. The predicted molar refractivity (Wildman–Crippen MR) is 85.3 cm³/mol. The van der Waals surface area contributed by atoms with Gasteiger partial charge in [0.25, 0.3) is 5.92 Å². The van der Waals surface area contributed by atoms with Crippen LogP contribution in [0.5, 0.6) is 5.88 Å². The van der Waals surface area contributed by atoms with Gasteiger partial charge in [0.05, 0.1) is 11.2 Å². The maximum absolute atomic E-state index is 13.4. The SMILES string of the molecule is CCC(Oc1ccc(B2OC(C)(C)C(C)(C)O2)cn1)C(C)(F)F. The van der Waals surface area contributed by atoms with E-state index in [0.717, 1.165) is 12.4 Å².